The van der Waals surface area contributed by atoms with Crippen LogP contribution >= 0.6 is 0 Å². The van der Waals surface area contributed by atoms with Crippen LogP contribution in [0.3, 0.4) is 0 Å². The molecule has 7 nitrogen and oxygen atoms in total. The van der Waals surface area contributed by atoms with E-state index in [1.165, 1.54) is 16.8 Å². The van der Waals surface area contributed by atoms with Crippen molar-refractivity contribution in [3.8, 4) is 0 Å². The lowest BCUT2D eigenvalue weighted by atomic mass is 10.1. The number of aliphatic hydroxyl groups excluding tert-OH is 1. The molecule has 1 aromatic rings. The number of nitrogens with zero attached hydrogens (tertiary/aromatic N) is 1. The number of nitrogens with one attached hydrogen (secondary N) is 1. The predicted octanol–water partition coefficient (Wildman–Crippen LogP) is -0.191. The van der Waals surface area contributed by atoms with Crippen molar-refractivity contribution in [3.63, 3.8) is 0 Å². The third kappa shape index (κ3) is 4.62. The molecule has 0 aliphatic carbocycles. The molecule has 114 valence electrons. The number of amides is 1. The van der Waals surface area contributed by atoms with Crippen molar-refractivity contribution < 1.29 is 18.3 Å². The predicted molar refractivity (Wildman–Crippen MR) is 74.6 cm³/mol. The molecule has 1 heterocycles. The number of hydrogen-bond acceptors (Lipinski definition) is 4. The average Bonchev–Trinajstić information content (AvgIpc) is 2.67. The average molecular weight is 303 g/mol. The molecular weight excluding hydrogens is 282 g/mol. The van der Waals surface area contributed by atoms with Crippen LogP contribution in [0, 0.1) is 5.92 Å². The van der Waals surface area contributed by atoms with Crippen LogP contribution in [0.15, 0.2) is 17.2 Å². The molecule has 0 saturated carbocycles. The molecule has 4 N–H and O–H groups in total. The summed E-state index contributed by atoms with van der Waals surface area (Å²) in [4.78, 5) is 11.8. The van der Waals surface area contributed by atoms with Gasteiger partial charge in [-0.15, -0.1) is 0 Å². The molecule has 0 fully saturated rings. The summed E-state index contributed by atoms with van der Waals surface area (Å²) in [5, 5.41) is 17.2. The fourth-order valence-electron chi connectivity index (χ4n) is 1.84. The van der Waals surface area contributed by atoms with Crippen LogP contribution in [0.1, 0.15) is 30.8 Å². The summed E-state index contributed by atoms with van der Waals surface area (Å²) < 4.78 is 23.8. The van der Waals surface area contributed by atoms with Crippen LogP contribution in [0.4, 0.5) is 0 Å². The first-order valence-corrected chi connectivity index (χ1v) is 7.81. The minimum Gasteiger partial charge on any atom is -0.391 e. The second kappa shape index (κ2) is 6.38. The molecule has 0 spiro atoms. The number of aryl methyl sites for hydroxylation is 1. The van der Waals surface area contributed by atoms with E-state index in [0.29, 0.717) is 12.3 Å². The molecule has 0 radical (unpaired) electrons. The Morgan fingerprint density at radius 3 is 2.55 bits per heavy atom. The van der Waals surface area contributed by atoms with Gasteiger partial charge in [0.25, 0.3) is 5.91 Å². The molecule has 1 aromatic heterocycles. The van der Waals surface area contributed by atoms with E-state index in [0.717, 1.165) is 0 Å². The third-order valence-electron chi connectivity index (χ3n) is 2.78. The number of carbonyl (C=O) groups excluding carboxylic acids is 1. The van der Waals surface area contributed by atoms with Crippen molar-refractivity contribution in [2.75, 3.05) is 6.54 Å². The molecule has 1 amide bonds. The van der Waals surface area contributed by atoms with Gasteiger partial charge in [0.05, 0.1) is 6.10 Å². The molecule has 8 heteroatoms. The number of primary sulfonamides is 1. The largest absolute Gasteiger partial charge is 0.391 e. The topological polar surface area (TPSA) is 114 Å². The SMILES string of the molecule is CC(C)CC(O)CNC(=O)c1cc(S(N)(=O)=O)cn1C. The van der Waals surface area contributed by atoms with Gasteiger partial charge in [-0.2, -0.15) is 0 Å². The standard InChI is InChI=1S/C12H21N3O4S/c1-8(2)4-9(16)6-14-12(17)11-5-10(7-15(11)3)20(13,18)19/h5,7-9,16H,4,6H2,1-3H3,(H,14,17)(H2,13,18,19). The third-order valence-corrected chi connectivity index (χ3v) is 3.66. The lowest BCUT2D eigenvalue weighted by molar-refractivity contribution is 0.0892. The summed E-state index contributed by atoms with van der Waals surface area (Å²) in [5.41, 5.74) is 0.172. The second-order valence-electron chi connectivity index (χ2n) is 5.21. The zero-order chi connectivity index (χ0) is 15.5. The van der Waals surface area contributed by atoms with Crippen LogP contribution < -0.4 is 10.5 Å². The van der Waals surface area contributed by atoms with Crippen LogP contribution in [0.25, 0.3) is 0 Å². The molecule has 0 bridgehead atoms. The Morgan fingerprint density at radius 2 is 2.10 bits per heavy atom. The lowest BCUT2D eigenvalue weighted by Crippen LogP contribution is -2.33. The van der Waals surface area contributed by atoms with Crippen molar-refractivity contribution in [1.82, 2.24) is 9.88 Å². The Hall–Kier alpha value is -1.38. The fraction of sp³-hybridized carbons (Fsp3) is 0.583. The van der Waals surface area contributed by atoms with Gasteiger partial charge in [-0.1, -0.05) is 13.8 Å². The highest BCUT2D eigenvalue weighted by molar-refractivity contribution is 7.89. The summed E-state index contributed by atoms with van der Waals surface area (Å²) in [7, 11) is -2.29. The Kier molecular flexibility index (Phi) is 5.32. The monoisotopic (exact) mass is 303 g/mol. The number of carbonyl (C=O) groups is 1. The number of aromatic nitrogens is 1. The summed E-state index contributed by atoms with van der Waals surface area (Å²) in [5.74, 6) is -0.129. The fourth-order valence-corrected chi connectivity index (χ4v) is 2.43. The molecule has 20 heavy (non-hydrogen) atoms. The van der Waals surface area contributed by atoms with Crippen molar-refractivity contribution in [1.29, 1.82) is 0 Å². The summed E-state index contributed by atoms with van der Waals surface area (Å²) >= 11 is 0. The molecule has 0 saturated heterocycles. The van der Waals surface area contributed by atoms with Crippen molar-refractivity contribution in [3.05, 3.63) is 18.0 Å². The molecule has 1 unspecified atom stereocenters. The Labute approximate surface area is 118 Å². The van der Waals surface area contributed by atoms with Gasteiger partial charge in [0.1, 0.15) is 10.6 Å². The van der Waals surface area contributed by atoms with Crippen molar-refractivity contribution in [2.45, 2.75) is 31.3 Å². The van der Waals surface area contributed by atoms with Gasteiger partial charge in [-0.3, -0.25) is 4.79 Å². The van der Waals surface area contributed by atoms with E-state index in [4.69, 9.17) is 5.14 Å². The number of sulfonamides is 1. The summed E-state index contributed by atoms with van der Waals surface area (Å²) in [6.45, 7) is 4.06. The highest BCUT2D eigenvalue weighted by Gasteiger charge is 2.18. The van der Waals surface area contributed by atoms with E-state index in [2.05, 4.69) is 5.32 Å². The van der Waals surface area contributed by atoms with E-state index >= 15 is 0 Å². The van der Waals surface area contributed by atoms with E-state index < -0.39 is 22.0 Å². The van der Waals surface area contributed by atoms with Crippen LogP contribution in [0.2, 0.25) is 0 Å². The number of nitrogens with two attached hydrogens (primary N) is 1. The maximum Gasteiger partial charge on any atom is 0.268 e. The van der Waals surface area contributed by atoms with Crippen molar-refractivity contribution in [2.24, 2.45) is 18.1 Å². The molecule has 1 rings (SSSR count). The maximum absolute atomic E-state index is 11.9. The highest BCUT2D eigenvalue weighted by atomic mass is 32.2. The summed E-state index contributed by atoms with van der Waals surface area (Å²) in [6.07, 6.45) is 1.22. The van der Waals surface area contributed by atoms with E-state index in [9.17, 15) is 18.3 Å². The highest BCUT2D eigenvalue weighted by Crippen LogP contribution is 2.11. The van der Waals surface area contributed by atoms with E-state index in [1.54, 1.807) is 7.05 Å². The Morgan fingerprint density at radius 1 is 1.50 bits per heavy atom. The smallest absolute Gasteiger partial charge is 0.268 e. The van der Waals surface area contributed by atoms with Gasteiger partial charge in [-0.25, -0.2) is 13.6 Å². The van der Waals surface area contributed by atoms with Crippen LogP contribution in [-0.2, 0) is 17.1 Å². The molecule has 0 aromatic carbocycles. The Balaban J connectivity index is 2.72. The van der Waals surface area contributed by atoms with Crippen LogP contribution in [-0.4, -0.2) is 36.6 Å². The first-order chi connectivity index (χ1) is 9.11. The van der Waals surface area contributed by atoms with Gasteiger partial charge >= 0.3 is 0 Å². The minimum absolute atomic E-state index is 0.118. The first-order valence-electron chi connectivity index (χ1n) is 6.26. The van der Waals surface area contributed by atoms with Gasteiger partial charge in [0.2, 0.25) is 10.0 Å². The Bertz CT molecular complexity index is 578. The number of aliphatic hydroxyl groups is 1. The molecular formula is C12H21N3O4S. The first kappa shape index (κ1) is 16.7. The van der Waals surface area contributed by atoms with Gasteiger partial charge in [-0.05, 0) is 18.4 Å². The minimum atomic E-state index is -3.84. The molecule has 1 atom stereocenters. The van der Waals surface area contributed by atoms with Crippen molar-refractivity contribution >= 4 is 15.9 Å². The van der Waals surface area contributed by atoms with Gasteiger partial charge < -0.3 is 15.0 Å². The van der Waals surface area contributed by atoms with E-state index in [-0.39, 0.29) is 17.1 Å². The lowest BCUT2D eigenvalue weighted by Gasteiger charge is -2.13. The zero-order valence-electron chi connectivity index (χ0n) is 11.8. The zero-order valence-corrected chi connectivity index (χ0v) is 12.6. The molecule has 0 aliphatic rings. The normalized spacial score (nSPS) is 13.5. The van der Waals surface area contributed by atoms with Crippen LogP contribution in [0.5, 0.6) is 0 Å². The second-order valence-corrected chi connectivity index (χ2v) is 6.77. The number of rotatable bonds is 6. The quantitative estimate of drug-likeness (QED) is 0.675. The maximum atomic E-state index is 11.9. The summed E-state index contributed by atoms with van der Waals surface area (Å²) in [6, 6.07) is 1.21. The van der Waals surface area contributed by atoms with E-state index in [1.807, 2.05) is 13.8 Å². The van der Waals surface area contributed by atoms with Gasteiger partial charge in [0.15, 0.2) is 0 Å². The number of hydrogen-bond donors (Lipinski definition) is 3. The van der Waals surface area contributed by atoms with Gasteiger partial charge in [0, 0.05) is 19.8 Å². The molecule has 0 aliphatic heterocycles.